The number of hydrogen-bond acceptors (Lipinski definition) is 5. The number of rotatable bonds is 11. The molecule has 0 atom stereocenters. The van der Waals surface area contributed by atoms with Gasteiger partial charge in [-0.1, -0.05) is 30.3 Å². The first-order valence-corrected chi connectivity index (χ1v) is 10.7. The van der Waals surface area contributed by atoms with E-state index in [2.05, 4.69) is 14.8 Å². The van der Waals surface area contributed by atoms with Crippen molar-refractivity contribution in [1.29, 1.82) is 0 Å². The zero-order chi connectivity index (χ0) is 22.9. The molecule has 2 aromatic carbocycles. The van der Waals surface area contributed by atoms with E-state index in [9.17, 15) is 26.4 Å². The van der Waals surface area contributed by atoms with E-state index in [-0.39, 0.29) is 36.8 Å². The smallest absolute Gasteiger partial charge is 0.383 e. The molecule has 0 spiro atoms. The quantitative estimate of drug-likeness (QED) is 0.503. The molecular formula is C20H23F3N2O5S. The van der Waals surface area contributed by atoms with Gasteiger partial charge in [0.05, 0.1) is 18.1 Å². The predicted molar refractivity (Wildman–Crippen MR) is 107 cm³/mol. The second kappa shape index (κ2) is 11.2. The van der Waals surface area contributed by atoms with E-state index in [1.807, 2.05) is 0 Å². The third-order valence-corrected chi connectivity index (χ3v) is 5.47. The first-order valence-electron chi connectivity index (χ1n) is 9.20. The molecule has 0 aliphatic carbocycles. The van der Waals surface area contributed by atoms with Crippen LogP contribution in [-0.2, 0) is 32.6 Å². The Morgan fingerprint density at radius 3 is 2.39 bits per heavy atom. The second-order valence-corrected chi connectivity index (χ2v) is 8.29. The molecular weight excluding hydrogens is 437 g/mol. The van der Waals surface area contributed by atoms with Crippen molar-refractivity contribution >= 4 is 15.9 Å². The lowest BCUT2D eigenvalue weighted by atomic mass is 10.1. The number of nitrogens with one attached hydrogen (secondary N) is 2. The van der Waals surface area contributed by atoms with Crippen LogP contribution in [0.3, 0.4) is 0 Å². The largest absolute Gasteiger partial charge is 0.411 e. The van der Waals surface area contributed by atoms with Crippen LogP contribution in [0.2, 0.25) is 0 Å². The molecule has 31 heavy (non-hydrogen) atoms. The zero-order valence-electron chi connectivity index (χ0n) is 16.7. The number of sulfonamides is 1. The monoisotopic (exact) mass is 460 g/mol. The Balaban J connectivity index is 1.91. The van der Waals surface area contributed by atoms with Crippen LogP contribution in [0.25, 0.3) is 0 Å². The van der Waals surface area contributed by atoms with Gasteiger partial charge in [-0.3, -0.25) is 4.79 Å². The highest BCUT2D eigenvalue weighted by atomic mass is 32.2. The van der Waals surface area contributed by atoms with Crippen molar-refractivity contribution in [2.45, 2.75) is 24.2 Å². The van der Waals surface area contributed by atoms with Crippen LogP contribution in [0.1, 0.15) is 21.5 Å². The van der Waals surface area contributed by atoms with Gasteiger partial charge in [0, 0.05) is 25.8 Å². The van der Waals surface area contributed by atoms with Gasteiger partial charge in [-0.2, -0.15) is 13.2 Å². The van der Waals surface area contributed by atoms with E-state index in [4.69, 9.17) is 4.74 Å². The number of amides is 1. The van der Waals surface area contributed by atoms with Crippen LogP contribution in [-0.4, -0.2) is 47.4 Å². The van der Waals surface area contributed by atoms with Crippen molar-refractivity contribution in [2.24, 2.45) is 0 Å². The molecule has 2 rings (SSSR count). The molecule has 7 nitrogen and oxygen atoms in total. The van der Waals surface area contributed by atoms with Crippen molar-refractivity contribution in [3.63, 3.8) is 0 Å². The maximum atomic E-state index is 12.4. The molecule has 0 bridgehead atoms. The van der Waals surface area contributed by atoms with Crippen LogP contribution in [0.4, 0.5) is 13.2 Å². The van der Waals surface area contributed by atoms with Gasteiger partial charge in [-0.25, -0.2) is 13.1 Å². The fourth-order valence-electron chi connectivity index (χ4n) is 2.49. The molecule has 0 radical (unpaired) electrons. The molecule has 0 saturated heterocycles. The first kappa shape index (κ1) is 24.8. The molecule has 0 fully saturated rings. The third-order valence-electron chi connectivity index (χ3n) is 4.02. The topological polar surface area (TPSA) is 93.7 Å². The van der Waals surface area contributed by atoms with Crippen LogP contribution in [0.15, 0.2) is 53.4 Å². The molecule has 170 valence electrons. The van der Waals surface area contributed by atoms with Gasteiger partial charge in [-0.15, -0.1) is 0 Å². The van der Waals surface area contributed by atoms with Gasteiger partial charge in [0.15, 0.2) is 0 Å². The lowest BCUT2D eigenvalue weighted by molar-refractivity contribution is -0.176. The van der Waals surface area contributed by atoms with Crippen molar-refractivity contribution in [1.82, 2.24) is 10.0 Å². The van der Waals surface area contributed by atoms with Gasteiger partial charge < -0.3 is 14.8 Å². The highest BCUT2D eigenvalue weighted by Crippen LogP contribution is 2.16. The minimum absolute atomic E-state index is 0.0422. The summed E-state index contributed by atoms with van der Waals surface area (Å²) in [5.74, 6) is -0.466. The van der Waals surface area contributed by atoms with Gasteiger partial charge in [-0.05, 0) is 29.3 Å². The van der Waals surface area contributed by atoms with Crippen molar-refractivity contribution in [3.8, 4) is 0 Å². The fraction of sp³-hybridized carbons (Fsp3) is 0.350. The molecule has 0 unspecified atom stereocenters. The number of alkyl halides is 3. The number of benzene rings is 2. The molecule has 0 aliphatic heterocycles. The Morgan fingerprint density at radius 2 is 1.74 bits per heavy atom. The maximum absolute atomic E-state index is 12.4. The lowest BCUT2D eigenvalue weighted by Crippen LogP contribution is -2.28. The van der Waals surface area contributed by atoms with Crippen molar-refractivity contribution < 1.29 is 35.9 Å². The summed E-state index contributed by atoms with van der Waals surface area (Å²) < 4.78 is 72.5. The van der Waals surface area contributed by atoms with Gasteiger partial charge in [0.2, 0.25) is 10.0 Å². The number of ether oxygens (including phenoxy) is 2. The Morgan fingerprint density at radius 1 is 1.06 bits per heavy atom. The summed E-state index contributed by atoms with van der Waals surface area (Å²) in [6.07, 6.45) is -4.37. The number of carbonyl (C=O) groups excluding carboxylic acids is 1. The Labute approximate surface area is 178 Å². The predicted octanol–water partition coefficient (Wildman–Crippen LogP) is 2.62. The highest BCUT2D eigenvalue weighted by molar-refractivity contribution is 7.89. The molecule has 0 aliphatic rings. The zero-order valence-corrected chi connectivity index (χ0v) is 17.6. The molecule has 2 aromatic rings. The standard InChI is InChI=1S/C20H23F3N2O5S/c1-29-10-9-25-31(27,28)18-4-2-3-17(11-18)19(26)24-12-15-5-7-16(8-6-15)13-30-14-20(21,22)23/h2-8,11,25H,9-10,12-14H2,1H3,(H,24,26). The van der Waals surface area contributed by atoms with Crippen molar-refractivity contribution in [2.75, 3.05) is 26.9 Å². The van der Waals surface area contributed by atoms with Crippen LogP contribution in [0, 0.1) is 0 Å². The minimum atomic E-state index is -4.37. The van der Waals surface area contributed by atoms with Gasteiger partial charge in [0.1, 0.15) is 6.61 Å². The van der Waals surface area contributed by atoms with E-state index >= 15 is 0 Å². The lowest BCUT2D eigenvalue weighted by Gasteiger charge is -2.10. The summed E-state index contributed by atoms with van der Waals surface area (Å²) >= 11 is 0. The summed E-state index contributed by atoms with van der Waals surface area (Å²) in [4.78, 5) is 12.3. The van der Waals surface area contributed by atoms with E-state index < -0.39 is 28.7 Å². The van der Waals surface area contributed by atoms with Gasteiger partial charge >= 0.3 is 6.18 Å². The van der Waals surface area contributed by atoms with E-state index in [1.165, 1.54) is 31.4 Å². The number of halogens is 3. The number of methoxy groups -OCH3 is 1. The SMILES string of the molecule is COCCNS(=O)(=O)c1cccc(C(=O)NCc2ccc(COCC(F)(F)F)cc2)c1. The molecule has 1 amide bonds. The summed E-state index contributed by atoms with van der Waals surface area (Å²) in [6, 6.07) is 12.1. The Kier molecular flexibility index (Phi) is 8.99. The molecule has 11 heteroatoms. The fourth-order valence-corrected chi connectivity index (χ4v) is 3.55. The Hall–Kier alpha value is -2.47. The molecule has 0 saturated carbocycles. The van der Waals surface area contributed by atoms with Crippen LogP contribution in [0.5, 0.6) is 0 Å². The average Bonchev–Trinajstić information content (AvgIpc) is 2.72. The highest BCUT2D eigenvalue weighted by Gasteiger charge is 2.27. The van der Waals surface area contributed by atoms with Crippen molar-refractivity contribution in [3.05, 3.63) is 65.2 Å². The number of carbonyl (C=O) groups is 1. The summed E-state index contributed by atoms with van der Waals surface area (Å²) in [5, 5.41) is 2.67. The second-order valence-electron chi connectivity index (χ2n) is 6.53. The van der Waals surface area contributed by atoms with Crippen LogP contribution >= 0.6 is 0 Å². The molecule has 0 aromatic heterocycles. The first-order chi connectivity index (χ1) is 14.6. The summed E-state index contributed by atoms with van der Waals surface area (Å²) in [7, 11) is -2.32. The average molecular weight is 460 g/mol. The van der Waals surface area contributed by atoms with E-state index in [0.717, 1.165) is 5.56 Å². The minimum Gasteiger partial charge on any atom is -0.383 e. The normalized spacial score (nSPS) is 12.0. The molecule has 0 heterocycles. The van der Waals surface area contributed by atoms with E-state index in [1.54, 1.807) is 24.3 Å². The summed E-state index contributed by atoms with van der Waals surface area (Å²) in [6.45, 7) is -1.02. The maximum Gasteiger partial charge on any atom is 0.411 e. The van der Waals surface area contributed by atoms with E-state index in [0.29, 0.717) is 5.56 Å². The molecule has 2 N–H and O–H groups in total. The number of hydrogen-bond donors (Lipinski definition) is 2. The summed E-state index contributed by atoms with van der Waals surface area (Å²) in [5.41, 5.74) is 1.46. The Bertz CT molecular complexity index is 964. The van der Waals surface area contributed by atoms with Gasteiger partial charge in [0.25, 0.3) is 5.91 Å². The third kappa shape index (κ3) is 8.66. The van der Waals surface area contributed by atoms with Crippen LogP contribution < -0.4 is 10.0 Å².